The van der Waals surface area contributed by atoms with Crippen LogP contribution in [-0.2, 0) is 0 Å². The van der Waals surface area contributed by atoms with Gasteiger partial charge in [-0.3, -0.25) is 0 Å². The summed E-state index contributed by atoms with van der Waals surface area (Å²) in [6.45, 7) is 7.29. The van der Waals surface area contributed by atoms with Crippen LogP contribution >= 0.6 is 22.9 Å². The number of methoxy groups -OCH3 is 1. The normalized spacial score (nSPS) is 12.4. The molecule has 1 heterocycles. The average Bonchev–Trinajstić information content (AvgIpc) is 2.75. The predicted octanol–water partition coefficient (Wildman–Crippen LogP) is 4.73. The van der Waals surface area contributed by atoms with Crippen LogP contribution in [0.25, 0.3) is 0 Å². The van der Waals surface area contributed by atoms with E-state index in [1.54, 1.807) is 7.11 Å². The topological polar surface area (TPSA) is 21.3 Å². The second kappa shape index (κ2) is 6.61. The SMILES string of the molecule is CCNC(c1cc(Cl)ccc1OC)c1cc(C)sc1C. The van der Waals surface area contributed by atoms with Crippen LogP contribution in [0.15, 0.2) is 24.3 Å². The second-order valence-electron chi connectivity index (χ2n) is 4.75. The third kappa shape index (κ3) is 3.17. The van der Waals surface area contributed by atoms with Crippen LogP contribution in [0.2, 0.25) is 5.02 Å². The van der Waals surface area contributed by atoms with E-state index in [1.807, 2.05) is 29.5 Å². The van der Waals surface area contributed by atoms with E-state index in [0.29, 0.717) is 0 Å². The molecule has 2 aromatic rings. The van der Waals surface area contributed by atoms with Crippen LogP contribution in [0.5, 0.6) is 5.75 Å². The van der Waals surface area contributed by atoms with Crippen molar-refractivity contribution in [3.8, 4) is 5.75 Å². The van der Waals surface area contributed by atoms with E-state index in [4.69, 9.17) is 16.3 Å². The highest BCUT2D eigenvalue weighted by molar-refractivity contribution is 7.12. The summed E-state index contributed by atoms with van der Waals surface area (Å²) in [4.78, 5) is 2.65. The molecule has 2 nitrogen and oxygen atoms in total. The largest absolute Gasteiger partial charge is 0.496 e. The first-order chi connectivity index (χ1) is 9.56. The van der Waals surface area contributed by atoms with Gasteiger partial charge in [-0.15, -0.1) is 11.3 Å². The van der Waals surface area contributed by atoms with Gasteiger partial charge in [0.05, 0.1) is 13.2 Å². The van der Waals surface area contributed by atoms with Crippen molar-refractivity contribution in [1.29, 1.82) is 0 Å². The van der Waals surface area contributed by atoms with Gasteiger partial charge in [0.1, 0.15) is 5.75 Å². The summed E-state index contributed by atoms with van der Waals surface area (Å²) in [7, 11) is 1.70. The zero-order valence-corrected chi connectivity index (χ0v) is 13.9. The van der Waals surface area contributed by atoms with Crippen molar-refractivity contribution in [2.75, 3.05) is 13.7 Å². The molecule has 108 valence electrons. The molecule has 0 saturated carbocycles. The molecule has 0 aliphatic carbocycles. The van der Waals surface area contributed by atoms with E-state index < -0.39 is 0 Å². The Bertz CT molecular complexity index is 594. The van der Waals surface area contributed by atoms with Crippen molar-refractivity contribution in [3.05, 3.63) is 50.2 Å². The molecule has 0 bridgehead atoms. The van der Waals surface area contributed by atoms with Gasteiger partial charge in [-0.1, -0.05) is 18.5 Å². The molecule has 0 aliphatic heterocycles. The highest BCUT2D eigenvalue weighted by Crippen LogP contribution is 2.36. The minimum atomic E-state index is 0.110. The molecule has 1 unspecified atom stereocenters. The van der Waals surface area contributed by atoms with E-state index in [2.05, 4.69) is 32.2 Å². The lowest BCUT2D eigenvalue weighted by atomic mass is 9.98. The maximum atomic E-state index is 6.17. The lowest BCUT2D eigenvalue weighted by Crippen LogP contribution is -2.22. The van der Waals surface area contributed by atoms with Gasteiger partial charge >= 0.3 is 0 Å². The molecular weight excluding hydrogens is 290 g/mol. The Morgan fingerprint density at radius 1 is 1.25 bits per heavy atom. The minimum absolute atomic E-state index is 0.110. The molecule has 20 heavy (non-hydrogen) atoms. The van der Waals surface area contributed by atoms with Crippen molar-refractivity contribution >= 4 is 22.9 Å². The molecule has 0 saturated heterocycles. The summed E-state index contributed by atoms with van der Waals surface area (Å²) in [5.41, 5.74) is 2.39. The summed E-state index contributed by atoms with van der Waals surface area (Å²) < 4.78 is 5.50. The van der Waals surface area contributed by atoms with Crippen molar-refractivity contribution in [3.63, 3.8) is 0 Å². The number of hydrogen-bond donors (Lipinski definition) is 1. The number of halogens is 1. The molecule has 0 aliphatic rings. The van der Waals surface area contributed by atoms with Crippen molar-refractivity contribution < 1.29 is 4.74 Å². The lowest BCUT2D eigenvalue weighted by Gasteiger charge is -2.21. The number of aryl methyl sites for hydroxylation is 2. The smallest absolute Gasteiger partial charge is 0.124 e. The van der Waals surface area contributed by atoms with Crippen molar-refractivity contribution in [1.82, 2.24) is 5.32 Å². The highest BCUT2D eigenvalue weighted by atomic mass is 35.5. The second-order valence-corrected chi connectivity index (χ2v) is 6.64. The monoisotopic (exact) mass is 309 g/mol. The molecular formula is C16H20ClNOS. The van der Waals surface area contributed by atoms with E-state index in [-0.39, 0.29) is 6.04 Å². The van der Waals surface area contributed by atoms with Gasteiger partial charge in [0.25, 0.3) is 0 Å². The Hall–Kier alpha value is -1.03. The molecule has 1 aromatic carbocycles. The van der Waals surface area contributed by atoms with Crippen LogP contribution in [0.3, 0.4) is 0 Å². The standard InChI is InChI=1S/C16H20ClNOS/c1-5-18-16(13-8-10(2)20-11(13)3)14-9-12(17)6-7-15(14)19-4/h6-9,16,18H,5H2,1-4H3. The van der Waals surface area contributed by atoms with Crippen LogP contribution < -0.4 is 10.1 Å². The fourth-order valence-corrected chi connectivity index (χ4v) is 3.60. The number of rotatable bonds is 5. The quantitative estimate of drug-likeness (QED) is 0.862. The molecule has 0 spiro atoms. The van der Waals surface area contributed by atoms with Gasteiger partial charge in [-0.05, 0) is 50.2 Å². The third-order valence-corrected chi connectivity index (χ3v) is 4.52. The fraction of sp³-hybridized carbons (Fsp3) is 0.375. The highest BCUT2D eigenvalue weighted by Gasteiger charge is 2.21. The number of ether oxygens (including phenoxy) is 1. The number of hydrogen-bond acceptors (Lipinski definition) is 3. The summed E-state index contributed by atoms with van der Waals surface area (Å²) in [5.74, 6) is 0.864. The first kappa shape index (κ1) is 15.4. The molecule has 2 rings (SSSR count). The third-order valence-electron chi connectivity index (χ3n) is 3.30. The van der Waals surface area contributed by atoms with Gasteiger partial charge < -0.3 is 10.1 Å². The molecule has 1 atom stereocenters. The molecule has 0 amide bonds. The zero-order valence-electron chi connectivity index (χ0n) is 12.3. The van der Waals surface area contributed by atoms with Crippen molar-refractivity contribution in [2.45, 2.75) is 26.8 Å². The summed E-state index contributed by atoms with van der Waals surface area (Å²) >= 11 is 7.99. The fourth-order valence-electron chi connectivity index (χ4n) is 2.46. The Kier molecular flexibility index (Phi) is 5.08. The van der Waals surface area contributed by atoms with Gasteiger partial charge in [0.15, 0.2) is 0 Å². The number of thiophene rings is 1. The van der Waals surface area contributed by atoms with E-state index >= 15 is 0 Å². The molecule has 1 aromatic heterocycles. The number of nitrogens with one attached hydrogen (secondary N) is 1. The van der Waals surface area contributed by atoms with Crippen LogP contribution in [0.4, 0.5) is 0 Å². The van der Waals surface area contributed by atoms with Gasteiger partial charge in [0.2, 0.25) is 0 Å². The summed E-state index contributed by atoms with van der Waals surface area (Å²) in [5, 5.41) is 4.27. The maximum absolute atomic E-state index is 6.17. The first-order valence-electron chi connectivity index (χ1n) is 6.70. The average molecular weight is 310 g/mol. The molecule has 4 heteroatoms. The van der Waals surface area contributed by atoms with Crippen LogP contribution in [-0.4, -0.2) is 13.7 Å². The molecule has 0 fully saturated rings. The van der Waals surface area contributed by atoms with E-state index in [0.717, 1.165) is 22.9 Å². The Balaban J connectivity index is 2.53. The summed E-state index contributed by atoms with van der Waals surface area (Å²) in [6.07, 6.45) is 0. The van der Waals surface area contributed by atoms with E-state index in [1.165, 1.54) is 15.3 Å². The molecule has 0 radical (unpaired) electrons. The Labute approximate surface area is 129 Å². The van der Waals surface area contributed by atoms with Crippen LogP contribution in [0, 0.1) is 13.8 Å². The lowest BCUT2D eigenvalue weighted by molar-refractivity contribution is 0.404. The Morgan fingerprint density at radius 2 is 2.00 bits per heavy atom. The predicted molar refractivity (Wildman–Crippen MR) is 87.3 cm³/mol. The number of benzene rings is 1. The van der Waals surface area contributed by atoms with Gasteiger partial charge in [-0.25, -0.2) is 0 Å². The zero-order chi connectivity index (χ0) is 14.7. The first-order valence-corrected chi connectivity index (χ1v) is 7.90. The molecule has 1 N–H and O–H groups in total. The Morgan fingerprint density at radius 3 is 2.55 bits per heavy atom. The minimum Gasteiger partial charge on any atom is -0.496 e. The van der Waals surface area contributed by atoms with Crippen LogP contribution in [0.1, 0.15) is 33.8 Å². The maximum Gasteiger partial charge on any atom is 0.124 e. The van der Waals surface area contributed by atoms with Crippen molar-refractivity contribution in [2.24, 2.45) is 0 Å². The summed E-state index contributed by atoms with van der Waals surface area (Å²) in [6, 6.07) is 8.13. The van der Waals surface area contributed by atoms with Gasteiger partial charge in [-0.2, -0.15) is 0 Å². The van der Waals surface area contributed by atoms with Gasteiger partial charge in [0, 0.05) is 20.3 Å². The van der Waals surface area contributed by atoms with E-state index in [9.17, 15) is 0 Å².